The molecule has 0 bridgehead atoms. The van der Waals surface area contributed by atoms with Crippen LogP contribution in [0.1, 0.15) is 18.9 Å². The number of aliphatic carboxylic acids is 1. The van der Waals surface area contributed by atoms with Gasteiger partial charge in [-0.1, -0.05) is 30.3 Å². The fourth-order valence-electron chi connectivity index (χ4n) is 2.68. The molecule has 0 saturated carbocycles. The van der Waals surface area contributed by atoms with Gasteiger partial charge in [0, 0.05) is 12.0 Å². The second kappa shape index (κ2) is 6.84. The number of amides is 1. The maximum absolute atomic E-state index is 12.4. The smallest absolute Gasteiger partial charge is 0.307 e. The van der Waals surface area contributed by atoms with Crippen molar-refractivity contribution in [1.82, 2.24) is 0 Å². The molecular weight excluding hydrogens is 322 g/mol. The molecule has 0 saturated heterocycles. The first-order valence-corrected chi connectivity index (χ1v) is 8.00. The van der Waals surface area contributed by atoms with Crippen molar-refractivity contribution in [3.05, 3.63) is 54.1 Å². The van der Waals surface area contributed by atoms with Crippen molar-refractivity contribution in [2.24, 2.45) is 0 Å². The van der Waals surface area contributed by atoms with Crippen LogP contribution in [0.4, 0.5) is 5.69 Å². The summed E-state index contributed by atoms with van der Waals surface area (Å²) in [5.74, 6) is -0.0239. The Morgan fingerprint density at radius 1 is 1.20 bits per heavy atom. The van der Waals surface area contributed by atoms with E-state index >= 15 is 0 Å². The number of anilines is 1. The molecule has 0 spiro atoms. The Labute approximate surface area is 145 Å². The first kappa shape index (κ1) is 16.8. The summed E-state index contributed by atoms with van der Waals surface area (Å²) in [5, 5.41) is 11.8. The van der Waals surface area contributed by atoms with Gasteiger partial charge in [-0.05, 0) is 25.1 Å². The molecule has 0 radical (unpaired) electrons. The molecule has 130 valence electrons. The van der Waals surface area contributed by atoms with Crippen LogP contribution in [0.5, 0.6) is 11.5 Å². The van der Waals surface area contributed by atoms with Crippen LogP contribution in [-0.2, 0) is 16.0 Å². The zero-order valence-electron chi connectivity index (χ0n) is 13.8. The number of rotatable bonds is 6. The second-order valence-electron chi connectivity index (χ2n) is 6.06. The predicted octanol–water partition coefficient (Wildman–Crippen LogP) is 2.87. The van der Waals surface area contributed by atoms with E-state index in [9.17, 15) is 9.59 Å². The summed E-state index contributed by atoms with van der Waals surface area (Å²) in [6.07, 6.45) is 0.215. The Morgan fingerprint density at radius 3 is 2.72 bits per heavy atom. The number of fused-ring (bicyclic) bond motifs is 1. The van der Waals surface area contributed by atoms with Gasteiger partial charge in [-0.2, -0.15) is 0 Å². The molecule has 2 aromatic carbocycles. The van der Waals surface area contributed by atoms with Crippen molar-refractivity contribution in [3.8, 4) is 11.5 Å². The Morgan fingerprint density at radius 2 is 1.92 bits per heavy atom. The predicted molar refractivity (Wildman–Crippen MR) is 92.0 cm³/mol. The molecule has 1 aliphatic heterocycles. The van der Waals surface area contributed by atoms with Gasteiger partial charge in [0.05, 0.1) is 18.7 Å². The van der Waals surface area contributed by atoms with Gasteiger partial charge < -0.3 is 19.9 Å². The molecule has 1 heterocycles. The van der Waals surface area contributed by atoms with Crippen molar-refractivity contribution in [2.75, 3.05) is 11.9 Å². The molecule has 0 fully saturated rings. The fraction of sp³-hybridized carbons (Fsp3) is 0.263. The zero-order valence-corrected chi connectivity index (χ0v) is 13.8. The van der Waals surface area contributed by atoms with Crippen LogP contribution >= 0.6 is 0 Å². The van der Waals surface area contributed by atoms with Gasteiger partial charge in [-0.25, -0.2) is 0 Å². The lowest BCUT2D eigenvalue weighted by Crippen LogP contribution is -2.49. The highest BCUT2D eigenvalue weighted by molar-refractivity contribution is 6.00. The number of ether oxygens (including phenoxy) is 2. The number of carboxylic acids is 1. The number of hydrogen-bond acceptors (Lipinski definition) is 4. The van der Waals surface area contributed by atoms with E-state index in [1.54, 1.807) is 43.3 Å². The van der Waals surface area contributed by atoms with Gasteiger partial charge in [-0.15, -0.1) is 0 Å². The van der Waals surface area contributed by atoms with Gasteiger partial charge in [0.2, 0.25) is 0 Å². The van der Waals surface area contributed by atoms with Crippen molar-refractivity contribution in [3.63, 3.8) is 0 Å². The lowest BCUT2D eigenvalue weighted by atomic mass is 9.99. The Kier molecular flexibility index (Phi) is 4.61. The minimum atomic E-state index is -1.05. The van der Waals surface area contributed by atoms with Gasteiger partial charge in [0.25, 0.3) is 5.91 Å². The lowest BCUT2D eigenvalue weighted by molar-refractivity contribution is -0.136. The van der Waals surface area contributed by atoms with Crippen LogP contribution in [-0.4, -0.2) is 29.2 Å². The third-order valence-corrected chi connectivity index (χ3v) is 4.10. The molecule has 2 N–H and O–H groups in total. The van der Waals surface area contributed by atoms with E-state index in [1.807, 2.05) is 12.1 Å². The summed E-state index contributed by atoms with van der Waals surface area (Å²) in [6.45, 7) is 1.94. The molecule has 0 aliphatic carbocycles. The first-order valence-electron chi connectivity index (χ1n) is 8.00. The molecule has 1 atom stereocenters. The van der Waals surface area contributed by atoms with Crippen molar-refractivity contribution in [2.45, 2.75) is 25.4 Å². The molecule has 25 heavy (non-hydrogen) atoms. The maximum atomic E-state index is 12.4. The summed E-state index contributed by atoms with van der Waals surface area (Å²) >= 11 is 0. The minimum absolute atomic E-state index is 0.113. The molecule has 0 aromatic heterocycles. The monoisotopic (exact) mass is 341 g/mol. The molecule has 1 unspecified atom stereocenters. The summed E-state index contributed by atoms with van der Waals surface area (Å²) in [6, 6.07) is 14.2. The molecule has 1 aliphatic rings. The fourth-order valence-corrected chi connectivity index (χ4v) is 2.68. The first-order chi connectivity index (χ1) is 12.0. The van der Waals surface area contributed by atoms with Crippen molar-refractivity contribution in [1.29, 1.82) is 0 Å². The van der Waals surface area contributed by atoms with E-state index in [0.717, 1.165) is 0 Å². The number of benzene rings is 2. The third-order valence-electron chi connectivity index (χ3n) is 4.10. The second-order valence-corrected chi connectivity index (χ2v) is 6.06. The molecule has 6 nitrogen and oxygen atoms in total. The van der Waals surface area contributed by atoms with E-state index in [0.29, 0.717) is 29.2 Å². The van der Waals surface area contributed by atoms with Crippen LogP contribution < -0.4 is 14.8 Å². The van der Waals surface area contributed by atoms with Crippen LogP contribution in [0.3, 0.4) is 0 Å². The Hall–Kier alpha value is -3.02. The number of para-hydroxylation sites is 3. The lowest BCUT2D eigenvalue weighted by Gasteiger charge is -2.34. The molecule has 1 amide bonds. The summed E-state index contributed by atoms with van der Waals surface area (Å²) in [4.78, 5) is 23.3. The van der Waals surface area contributed by atoms with Gasteiger partial charge in [0.1, 0.15) is 11.5 Å². The molecule has 6 heteroatoms. The summed E-state index contributed by atoms with van der Waals surface area (Å²) < 4.78 is 11.6. The number of carbonyl (C=O) groups is 2. The molecular formula is C19H19NO5. The van der Waals surface area contributed by atoms with E-state index in [2.05, 4.69) is 5.32 Å². The Balaban J connectivity index is 1.66. The quantitative estimate of drug-likeness (QED) is 0.844. The van der Waals surface area contributed by atoms with Crippen LogP contribution in [0.25, 0.3) is 0 Å². The average Bonchev–Trinajstić information content (AvgIpc) is 2.57. The summed E-state index contributed by atoms with van der Waals surface area (Å²) in [7, 11) is 0. The largest absolute Gasteiger partial charge is 0.493 e. The SMILES string of the molecule is CC1(CCOc2ccccc2CC(=O)O)Oc2ccccc2NC1=O. The van der Waals surface area contributed by atoms with E-state index in [-0.39, 0.29) is 18.9 Å². The zero-order chi connectivity index (χ0) is 17.9. The topological polar surface area (TPSA) is 84.9 Å². The summed E-state index contributed by atoms with van der Waals surface area (Å²) in [5.41, 5.74) is 0.202. The highest BCUT2D eigenvalue weighted by atomic mass is 16.5. The van der Waals surface area contributed by atoms with E-state index in [1.165, 1.54) is 0 Å². The van der Waals surface area contributed by atoms with E-state index < -0.39 is 11.6 Å². The van der Waals surface area contributed by atoms with Crippen LogP contribution in [0.15, 0.2) is 48.5 Å². The normalized spacial score (nSPS) is 18.7. The van der Waals surface area contributed by atoms with Crippen LogP contribution in [0.2, 0.25) is 0 Å². The number of hydrogen-bond donors (Lipinski definition) is 2. The molecule has 2 aromatic rings. The number of carbonyl (C=O) groups excluding carboxylic acids is 1. The minimum Gasteiger partial charge on any atom is -0.493 e. The van der Waals surface area contributed by atoms with Crippen molar-refractivity contribution < 1.29 is 24.2 Å². The number of nitrogens with one attached hydrogen (secondary N) is 1. The highest BCUT2D eigenvalue weighted by Gasteiger charge is 2.39. The Bertz CT molecular complexity index is 804. The average molecular weight is 341 g/mol. The molecule has 3 rings (SSSR count). The maximum Gasteiger partial charge on any atom is 0.307 e. The van der Waals surface area contributed by atoms with Gasteiger partial charge in [-0.3, -0.25) is 9.59 Å². The van der Waals surface area contributed by atoms with Crippen molar-refractivity contribution >= 4 is 17.6 Å². The van der Waals surface area contributed by atoms with E-state index in [4.69, 9.17) is 14.6 Å². The van der Waals surface area contributed by atoms with Gasteiger partial charge >= 0.3 is 5.97 Å². The number of carboxylic acid groups (broad SMARTS) is 1. The van der Waals surface area contributed by atoms with Crippen LogP contribution in [0, 0.1) is 0 Å². The highest BCUT2D eigenvalue weighted by Crippen LogP contribution is 2.34. The third kappa shape index (κ3) is 3.74. The van der Waals surface area contributed by atoms with Gasteiger partial charge in [0.15, 0.2) is 5.60 Å². The standard InChI is InChI=1S/C19H19NO5/c1-19(18(23)20-14-7-3-5-9-16(14)25-19)10-11-24-15-8-4-2-6-13(15)12-17(21)22/h2-9H,10-12H2,1H3,(H,20,23)(H,21,22).